The number of halogens is 1. The van der Waals surface area contributed by atoms with Crippen molar-refractivity contribution in [2.75, 3.05) is 30.6 Å². The largest absolute Gasteiger partial charge is 0.497 e. The van der Waals surface area contributed by atoms with Crippen molar-refractivity contribution < 1.29 is 9.53 Å². The first kappa shape index (κ1) is 21.8. The van der Waals surface area contributed by atoms with Crippen LogP contribution in [-0.4, -0.2) is 40.2 Å². The summed E-state index contributed by atoms with van der Waals surface area (Å²) < 4.78 is 6.53. The third-order valence-electron chi connectivity index (χ3n) is 4.26. The second-order valence-corrected chi connectivity index (χ2v) is 7.74. The van der Waals surface area contributed by atoms with Gasteiger partial charge in [-0.15, -0.1) is 10.2 Å². The van der Waals surface area contributed by atoms with Crippen LogP contribution in [0.15, 0.2) is 53.7 Å². The molecule has 0 bridgehead atoms. The van der Waals surface area contributed by atoms with E-state index < -0.39 is 0 Å². The summed E-state index contributed by atoms with van der Waals surface area (Å²) in [5.74, 6) is 7.53. The van der Waals surface area contributed by atoms with E-state index in [1.165, 1.54) is 16.4 Å². The molecule has 1 heterocycles. The fraction of sp³-hybridized carbons (Fsp3) is 0.250. The molecule has 8 nitrogen and oxygen atoms in total. The number of ether oxygens (including phenoxy) is 1. The van der Waals surface area contributed by atoms with E-state index in [1.54, 1.807) is 7.11 Å². The van der Waals surface area contributed by atoms with Crippen LogP contribution in [0.2, 0.25) is 5.02 Å². The first-order valence-electron chi connectivity index (χ1n) is 9.26. The third kappa shape index (κ3) is 6.30. The molecular formula is C20H23ClN6O2S. The lowest BCUT2D eigenvalue weighted by molar-refractivity contribution is -0.118. The average Bonchev–Trinajstić information content (AvgIpc) is 3.12. The minimum Gasteiger partial charge on any atom is -0.497 e. The summed E-state index contributed by atoms with van der Waals surface area (Å²) in [7, 11) is 1.62. The Kier molecular flexibility index (Phi) is 7.81. The molecule has 0 aliphatic carbocycles. The summed E-state index contributed by atoms with van der Waals surface area (Å²) in [6.45, 7) is 0.955. The number of nitrogens with one attached hydrogen (secondary N) is 2. The van der Waals surface area contributed by atoms with Crippen LogP contribution >= 0.6 is 23.4 Å². The molecule has 0 saturated carbocycles. The highest BCUT2D eigenvalue weighted by Gasteiger charge is 2.12. The minimum atomic E-state index is -0.0881. The van der Waals surface area contributed by atoms with Crippen molar-refractivity contribution in [1.82, 2.24) is 20.2 Å². The molecule has 158 valence electrons. The van der Waals surface area contributed by atoms with Gasteiger partial charge in [0, 0.05) is 17.3 Å². The molecule has 0 unspecified atom stereocenters. The smallest absolute Gasteiger partial charge is 0.230 e. The molecule has 10 heteroatoms. The fourth-order valence-corrected chi connectivity index (χ4v) is 3.43. The maximum absolute atomic E-state index is 12.1. The van der Waals surface area contributed by atoms with Gasteiger partial charge in [0.2, 0.25) is 11.1 Å². The predicted octanol–water partition coefficient (Wildman–Crippen LogP) is 2.72. The quantitative estimate of drug-likeness (QED) is 0.324. The SMILES string of the molecule is COc1ccc(NCc2nnc(SCC(=O)NCCc3ccc(Cl)cc3)n2N)cc1. The van der Waals surface area contributed by atoms with Crippen molar-refractivity contribution in [2.45, 2.75) is 18.1 Å². The van der Waals surface area contributed by atoms with Crippen LogP contribution in [0.1, 0.15) is 11.4 Å². The van der Waals surface area contributed by atoms with E-state index in [2.05, 4.69) is 20.8 Å². The molecule has 3 rings (SSSR count). The van der Waals surface area contributed by atoms with Crippen LogP contribution in [-0.2, 0) is 17.8 Å². The Bertz CT molecular complexity index is 962. The molecule has 1 amide bonds. The van der Waals surface area contributed by atoms with E-state index in [4.69, 9.17) is 22.2 Å². The lowest BCUT2D eigenvalue weighted by Gasteiger charge is -2.08. The first-order valence-corrected chi connectivity index (χ1v) is 10.6. The van der Waals surface area contributed by atoms with Gasteiger partial charge in [-0.2, -0.15) is 0 Å². The van der Waals surface area contributed by atoms with Crippen molar-refractivity contribution in [1.29, 1.82) is 0 Å². The average molecular weight is 447 g/mol. The molecule has 0 fully saturated rings. The monoisotopic (exact) mass is 446 g/mol. The molecule has 0 spiro atoms. The second kappa shape index (κ2) is 10.7. The predicted molar refractivity (Wildman–Crippen MR) is 119 cm³/mol. The second-order valence-electron chi connectivity index (χ2n) is 6.37. The highest BCUT2D eigenvalue weighted by atomic mass is 35.5. The molecule has 3 aromatic rings. The van der Waals surface area contributed by atoms with Gasteiger partial charge in [-0.1, -0.05) is 35.5 Å². The number of aromatic nitrogens is 3. The van der Waals surface area contributed by atoms with Crippen molar-refractivity contribution in [2.24, 2.45) is 0 Å². The lowest BCUT2D eigenvalue weighted by atomic mass is 10.1. The summed E-state index contributed by atoms with van der Waals surface area (Å²) in [5, 5.41) is 15.4. The minimum absolute atomic E-state index is 0.0881. The molecule has 2 aromatic carbocycles. The van der Waals surface area contributed by atoms with Crippen molar-refractivity contribution in [3.63, 3.8) is 0 Å². The lowest BCUT2D eigenvalue weighted by Crippen LogP contribution is -2.27. The molecule has 0 saturated heterocycles. The molecule has 0 aliphatic rings. The van der Waals surface area contributed by atoms with Gasteiger partial charge in [-0.3, -0.25) is 4.79 Å². The number of carbonyl (C=O) groups is 1. The van der Waals surface area contributed by atoms with Gasteiger partial charge in [0.05, 0.1) is 19.4 Å². The van der Waals surface area contributed by atoms with E-state index in [1.807, 2.05) is 48.5 Å². The van der Waals surface area contributed by atoms with E-state index in [9.17, 15) is 4.79 Å². The number of benzene rings is 2. The number of carbonyl (C=O) groups excluding carboxylic acids is 1. The standard InChI is InChI=1S/C20H23ClN6O2S/c1-29-17-8-6-16(7-9-17)24-12-18-25-26-20(27(18)22)30-13-19(28)23-11-10-14-2-4-15(21)5-3-14/h2-9,24H,10-13,22H2,1H3,(H,23,28). The van der Waals surface area contributed by atoms with Crippen molar-refractivity contribution in [3.8, 4) is 5.75 Å². The van der Waals surface area contributed by atoms with E-state index >= 15 is 0 Å². The number of hydrogen-bond donors (Lipinski definition) is 3. The number of nitrogens with two attached hydrogens (primary N) is 1. The van der Waals surface area contributed by atoms with E-state index in [-0.39, 0.29) is 11.7 Å². The molecule has 0 radical (unpaired) electrons. The third-order valence-corrected chi connectivity index (χ3v) is 5.45. The first-order chi connectivity index (χ1) is 14.5. The summed E-state index contributed by atoms with van der Waals surface area (Å²) >= 11 is 7.11. The van der Waals surface area contributed by atoms with E-state index in [0.717, 1.165) is 23.4 Å². The van der Waals surface area contributed by atoms with Gasteiger partial charge in [-0.05, 0) is 48.4 Å². The van der Waals surface area contributed by atoms with Gasteiger partial charge in [0.15, 0.2) is 5.82 Å². The van der Waals surface area contributed by atoms with Crippen LogP contribution < -0.4 is 21.2 Å². The number of hydrogen-bond acceptors (Lipinski definition) is 7. The summed E-state index contributed by atoms with van der Waals surface area (Å²) in [5.41, 5.74) is 2.02. The van der Waals surface area contributed by atoms with Gasteiger partial charge >= 0.3 is 0 Å². The Morgan fingerprint density at radius 3 is 2.60 bits per heavy atom. The maximum Gasteiger partial charge on any atom is 0.230 e. The Morgan fingerprint density at radius 2 is 1.90 bits per heavy atom. The Morgan fingerprint density at radius 1 is 1.17 bits per heavy atom. The molecule has 0 aliphatic heterocycles. The highest BCUT2D eigenvalue weighted by Crippen LogP contribution is 2.17. The number of amides is 1. The number of nitrogens with zero attached hydrogens (tertiary/aromatic N) is 3. The van der Waals surface area contributed by atoms with Gasteiger partial charge in [0.25, 0.3) is 0 Å². The molecule has 1 aromatic heterocycles. The van der Waals surface area contributed by atoms with Gasteiger partial charge in [0.1, 0.15) is 5.75 Å². The Hall–Kier alpha value is -2.91. The van der Waals surface area contributed by atoms with Crippen LogP contribution in [0.5, 0.6) is 5.75 Å². The molecule has 0 atom stereocenters. The number of nitrogen functional groups attached to an aromatic ring is 1. The zero-order valence-electron chi connectivity index (χ0n) is 16.5. The van der Waals surface area contributed by atoms with Crippen molar-refractivity contribution in [3.05, 3.63) is 64.9 Å². The molecule has 4 N–H and O–H groups in total. The fourth-order valence-electron chi connectivity index (χ4n) is 2.59. The molecule has 30 heavy (non-hydrogen) atoms. The maximum atomic E-state index is 12.1. The molecular weight excluding hydrogens is 424 g/mol. The number of rotatable bonds is 10. The topological polar surface area (TPSA) is 107 Å². The van der Waals surface area contributed by atoms with Gasteiger partial charge < -0.3 is 21.2 Å². The highest BCUT2D eigenvalue weighted by molar-refractivity contribution is 7.99. The number of anilines is 1. The van der Waals surface area contributed by atoms with Gasteiger partial charge in [-0.25, -0.2) is 4.68 Å². The van der Waals surface area contributed by atoms with E-state index in [0.29, 0.717) is 29.1 Å². The van der Waals surface area contributed by atoms with Crippen LogP contribution in [0.4, 0.5) is 5.69 Å². The normalized spacial score (nSPS) is 10.6. The summed E-state index contributed by atoms with van der Waals surface area (Å²) in [4.78, 5) is 12.1. The zero-order chi connectivity index (χ0) is 21.3. The zero-order valence-corrected chi connectivity index (χ0v) is 18.0. The van der Waals surface area contributed by atoms with Crippen molar-refractivity contribution >= 4 is 35.0 Å². The summed E-state index contributed by atoms with van der Waals surface area (Å²) in [6.07, 6.45) is 0.738. The van der Waals surface area contributed by atoms with Crippen LogP contribution in [0.3, 0.4) is 0 Å². The van der Waals surface area contributed by atoms with Crippen LogP contribution in [0, 0.1) is 0 Å². The number of thioether (sulfide) groups is 1. The van der Waals surface area contributed by atoms with Crippen LogP contribution in [0.25, 0.3) is 0 Å². The summed E-state index contributed by atoms with van der Waals surface area (Å²) in [6, 6.07) is 15.1. The number of methoxy groups -OCH3 is 1. The Labute approximate surface area is 184 Å². The Balaban J connectivity index is 1.41.